The van der Waals surface area contributed by atoms with Crippen LogP contribution < -0.4 is 0 Å². The molecular weight excluding hydrogens is 845 g/mol. The first-order valence-corrected chi connectivity index (χ1v) is 27.2. The van der Waals surface area contributed by atoms with Crippen LogP contribution in [0.15, 0.2) is 24.3 Å². The Labute approximate surface area is 401 Å². The van der Waals surface area contributed by atoms with Gasteiger partial charge in [-0.25, -0.2) is 14.2 Å². The summed E-state index contributed by atoms with van der Waals surface area (Å²) in [6, 6.07) is 7.24. The Hall–Kier alpha value is -1.41. The molecule has 7 heteroatoms. The van der Waals surface area contributed by atoms with Crippen LogP contribution in [0.2, 0.25) is 0 Å². The molecule has 0 aliphatic carbocycles. The van der Waals surface area contributed by atoms with Crippen molar-refractivity contribution >= 4 is 35.0 Å². The fourth-order valence-corrected chi connectivity index (χ4v) is 9.36. The fourth-order valence-electron chi connectivity index (χ4n) is 9.36. The summed E-state index contributed by atoms with van der Waals surface area (Å²) in [4.78, 5) is 26.4. The predicted molar refractivity (Wildman–Crippen MR) is 276 cm³/mol. The number of unbranched alkanes of at least 4 members (excludes halogenated alkanes) is 34. The number of rotatable bonds is 46. The molecule has 1 aromatic rings. The van der Waals surface area contributed by atoms with Crippen LogP contribution in [0.5, 0.6) is 0 Å². The van der Waals surface area contributed by atoms with E-state index in [1.807, 2.05) is 12.1 Å². The van der Waals surface area contributed by atoms with Crippen molar-refractivity contribution in [2.75, 3.05) is 47.0 Å². The van der Waals surface area contributed by atoms with E-state index < -0.39 is 0 Å². The Morgan fingerprint density at radius 2 is 0.810 bits per heavy atom. The Morgan fingerprint density at radius 3 is 1.16 bits per heavy atom. The molecule has 0 bridgehead atoms. The molecule has 1 aliphatic heterocycles. The van der Waals surface area contributed by atoms with Crippen molar-refractivity contribution in [3.63, 3.8) is 0 Å². The van der Waals surface area contributed by atoms with Crippen LogP contribution in [0.3, 0.4) is 0 Å². The van der Waals surface area contributed by atoms with Gasteiger partial charge in [0.15, 0.2) is 12.3 Å². The lowest BCUT2D eigenvalue weighted by molar-refractivity contribution is -0.742. The standard InChI is InChI=1S/C56H102N2O4.BrH/c1-5-7-9-11-13-15-17-19-21-23-25-27-29-31-33-35-37-41-48-61-51-52(50-57(3)46-43-47-58(4)55(59)53-44-39-40-45-54(53)56(58)60)62-49-42-38-36-34-32-30-28-26-24-22-20-18-16-14-12-10-8-6-2;/h39-40,44-45,50,52H,5-38,41-43,46-49,51H2,1-4H3;1H/q+2;. The van der Waals surface area contributed by atoms with Crippen LogP contribution >= 0.6 is 17.0 Å². The predicted octanol–water partition coefficient (Wildman–Crippen LogP) is 16.6. The second-order valence-corrected chi connectivity index (χ2v) is 19.6. The van der Waals surface area contributed by atoms with Crippen molar-refractivity contribution in [3.8, 4) is 0 Å². The molecule has 1 aromatic carbocycles. The zero-order valence-electron chi connectivity index (χ0n) is 42.1. The van der Waals surface area contributed by atoms with E-state index in [0.29, 0.717) is 24.3 Å². The zero-order chi connectivity index (χ0) is 44.6. The minimum Gasteiger partial charge on any atom is -0.378 e. The smallest absolute Gasteiger partial charge is 0.354 e. The molecular formula is C56H103BrN2O4+2. The number of hydrogen-bond donors (Lipinski definition) is 0. The molecule has 0 fully saturated rings. The van der Waals surface area contributed by atoms with Crippen LogP contribution in [0, 0.1) is 0 Å². The van der Waals surface area contributed by atoms with E-state index in [-0.39, 0.29) is 39.4 Å². The maximum atomic E-state index is 13.2. The van der Waals surface area contributed by atoms with Gasteiger partial charge in [-0.15, -0.1) is 17.0 Å². The van der Waals surface area contributed by atoms with Gasteiger partial charge in [-0.3, -0.25) is 0 Å². The molecule has 1 atom stereocenters. The Bertz CT molecular complexity index is 1220. The number of carbonyl (C=O) groups is 2. The van der Waals surface area contributed by atoms with Crippen LogP contribution in [0.4, 0.5) is 0 Å². The number of nitrogens with zero attached hydrogens (tertiary/aromatic N) is 2. The van der Waals surface area contributed by atoms with Crippen molar-refractivity contribution in [1.29, 1.82) is 0 Å². The number of halogens is 1. The molecule has 366 valence electrons. The Balaban J connectivity index is 0.0000198. The van der Waals surface area contributed by atoms with E-state index in [0.717, 1.165) is 39.0 Å². The molecule has 0 saturated heterocycles. The molecule has 1 unspecified atom stereocenters. The normalized spacial score (nSPS) is 14.1. The highest BCUT2D eigenvalue weighted by atomic mass is 79.9. The number of benzene rings is 1. The number of hydrogen-bond acceptors (Lipinski definition) is 4. The fraction of sp³-hybridized carbons (Fsp3) is 0.839. The maximum Gasteiger partial charge on any atom is 0.354 e. The second-order valence-electron chi connectivity index (χ2n) is 19.6. The van der Waals surface area contributed by atoms with Crippen LogP contribution in [-0.2, 0) is 9.47 Å². The van der Waals surface area contributed by atoms with E-state index in [1.165, 1.54) is 218 Å². The summed E-state index contributed by atoms with van der Waals surface area (Å²) in [5.74, 6) is -0.174. The summed E-state index contributed by atoms with van der Waals surface area (Å²) < 4.78 is 14.6. The van der Waals surface area contributed by atoms with Gasteiger partial charge in [0.05, 0.1) is 37.7 Å². The Kier molecular flexibility index (Phi) is 39.7. The summed E-state index contributed by atoms with van der Waals surface area (Å²) in [5, 5.41) is 0. The Morgan fingerprint density at radius 1 is 0.492 bits per heavy atom. The molecule has 6 nitrogen and oxygen atoms in total. The van der Waals surface area contributed by atoms with E-state index in [2.05, 4.69) is 31.7 Å². The molecule has 1 heterocycles. The molecule has 0 spiro atoms. The van der Waals surface area contributed by atoms with E-state index in [9.17, 15) is 9.59 Å². The quantitative estimate of drug-likeness (QED) is 0.0215. The third-order valence-electron chi connectivity index (χ3n) is 13.6. The van der Waals surface area contributed by atoms with Gasteiger partial charge in [0.1, 0.15) is 13.6 Å². The highest BCUT2D eigenvalue weighted by Gasteiger charge is 2.50. The minimum atomic E-state index is -0.172. The topological polar surface area (TPSA) is 55.6 Å². The van der Waals surface area contributed by atoms with Gasteiger partial charge in [0, 0.05) is 13.2 Å². The van der Waals surface area contributed by atoms with Gasteiger partial charge in [-0.05, 0) is 25.0 Å². The summed E-state index contributed by atoms with van der Waals surface area (Å²) >= 11 is 0. The average Bonchev–Trinajstić information content (AvgIpc) is 3.46. The average molecular weight is 948 g/mol. The van der Waals surface area contributed by atoms with E-state index in [1.54, 1.807) is 19.2 Å². The second kappa shape index (κ2) is 42.0. The molecule has 63 heavy (non-hydrogen) atoms. The van der Waals surface area contributed by atoms with Gasteiger partial charge >= 0.3 is 11.8 Å². The lowest BCUT2D eigenvalue weighted by Gasteiger charge is -2.22. The minimum absolute atomic E-state index is 0. The van der Waals surface area contributed by atoms with Gasteiger partial charge in [0.25, 0.3) is 0 Å². The largest absolute Gasteiger partial charge is 0.378 e. The molecule has 0 saturated carbocycles. The van der Waals surface area contributed by atoms with Gasteiger partial charge in [-0.2, -0.15) is 4.48 Å². The first-order valence-electron chi connectivity index (χ1n) is 27.2. The SMILES string of the molecule is Br.CCCCCCCCCCCCCCCCCCCCOCC(C=[N+](C)CCC[N+]1(C)C(=O)c2ccccc2C1=O)OCCCCCCCCCCCCCCCCCCCC. The maximum absolute atomic E-state index is 13.2. The highest BCUT2D eigenvalue weighted by Crippen LogP contribution is 2.28. The lowest BCUT2D eigenvalue weighted by Crippen LogP contribution is -2.50. The number of carbonyl (C=O) groups excluding carboxylic acids is 2. The van der Waals surface area contributed by atoms with Crippen molar-refractivity contribution in [2.45, 2.75) is 258 Å². The van der Waals surface area contributed by atoms with Gasteiger partial charge in [-0.1, -0.05) is 244 Å². The first-order chi connectivity index (χ1) is 30.4. The summed E-state index contributed by atoms with van der Waals surface area (Å²) in [6.07, 6.45) is 52.5. The molecule has 0 aromatic heterocycles. The van der Waals surface area contributed by atoms with Crippen LogP contribution in [0.1, 0.15) is 272 Å². The molecule has 1 aliphatic rings. The van der Waals surface area contributed by atoms with Crippen molar-refractivity contribution in [2.24, 2.45) is 0 Å². The summed E-state index contributed by atoms with van der Waals surface area (Å²) in [5.41, 5.74) is 1.11. The summed E-state index contributed by atoms with van der Waals surface area (Å²) in [7, 11) is 3.85. The number of quaternary nitrogens is 1. The third-order valence-corrected chi connectivity index (χ3v) is 13.6. The lowest BCUT2D eigenvalue weighted by atomic mass is 10.0. The highest BCUT2D eigenvalue weighted by molar-refractivity contribution is 8.93. The van der Waals surface area contributed by atoms with E-state index >= 15 is 0 Å². The van der Waals surface area contributed by atoms with Crippen molar-refractivity contribution < 1.29 is 28.1 Å². The third kappa shape index (κ3) is 29.8. The number of fused-ring (bicyclic) bond motifs is 1. The number of ether oxygens (including phenoxy) is 2. The van der Waals surface area contributed by atoms with Gasteiger partial charge in [0.2, 0.25) is 0 Å². The molecule has 2 rings (SSSR count). The molecule has 2 amide bonds. The number of amides is 2. The van der Waals surface area contributed by atoms with Crippen molar-refractivity contribution in [1.82, 2.24) is 0 Å². The zero-order valence-corrected chi connectivity index (χ0v) is 43.8. The van der Waals surface area contributed by atoms with Crippen LogP contribution in [-0.4, -0.2) is 80.2 Å². The molecule has 0 radical (unpaired) electrons. The monoisotopic (exact) mass is 947 g/mol. The number of imide groups is 1. The van der Waals surface area contributed by atoms with Gasteiger partial charge < -0.3 is 9.47 Å². The van der Waals surface area contributed by atoms with Crippen molar-refractivity contribution in [3.05, 3.63) is 35.4 Å². The van der Waals surface area contributed by atoms with Crippen LogP contribution in [0.25, 0.3) is 0 Å². The first kappa shape index (κ1) is 59.6. The van der Waals surface area contributed by atoms with E-state index in [4.69, 9.17) is 9.47 Å². The summed E-state index contributed by atoms with van der Waals surface area (Å²) in [6.45, 7) is 7.95. The molecule has 0 N–H and O–H groups in total.